The summed E-state index contributed by atoms with van der Waals surface area (Å²) in [4.78, 5) is 8.38. The third kappa shape index (κ3) is 5.00. The van der Waals surface area contributed by atoms with Gasteiger partial charge in [-0.15, -0.1) is 0 Å². The summed E-state index contributed by atoms with van der Waals surface area (Å²) in [6, 6.07) is 14.8. The second-order valence-electron chi connectivity index (χ2n) is 7.70. The maximum absolute atomic E-state index is 14.8. The molecule has 0 radical (unpaired) electrons. The normalized spacial score (nSPS) is 12.1. The molecular formula is C25H14F8N2O. The lowest BCUT2D eigenvalue weighted by molar-refractivity contribution is -0.149. The highest BCUT2D eigenvalue weighted by Crippen LogP contribution is 2.43. The van der Waals surface area contributed by atoms with Gasteiger partial charge >= 0.3 is 12.4 Å². The minimum Gasteiger partial charge on any atom is -0.508 e. The van der Waals surface area contributed by atoms with Crippen LogP contribution in [0, 0.1) is 11.6 Å². The fourth-order valence-electron chi connectivity index (χ4n) is 3.58. The van der Waals surface area contributed by atoms with E-state index in [1.807, 2.05) is 0 Å². The van der Waals surface area contributed by atoms with Crippen LogP contribution in [0.2, 0.25) is 0 Å². The number of para-hydroxylation sites is 1. The highest BCUT2D eigenvalue weighted by Gasteiger charge is 2.45. The number of halogens is 8. The SMILES string of the molecule is Oc1ccccc1Cc1cccc(-c2cccc(-c3cc(C(F)(F)F)c(F)c(C(F)(F)F)c3F)n2)n1. The number of aromatic nitrogens is 2. The first-order valence-corrected chi connectivity index (χ1v) is 10.2. The first kappa shape index (κ1) is 25.1. The molecule has 0 atom stereocenters. The van der Waals surface area contributed by atoms with Crippen LogP contribution in [-0.4, -0.2) is 15.1 Å². The lowest BCUT2D eigenvalue weighted by atomic mass is 9.99. The third-order valence-electron chi connectivity index (χ3n) is 5.25. The maximum atomic E-state index is 14.8. The van der Waals surface area contributed by atoms with Crippen molar-refractivity contribution in [3.05, 3.63) is 101 Å². The summed E-state index contributed by atoms with van der Waals surface area (Å²) >= 11 is 0. The Labute approximate surface area is 198 Å². The number of hydrogen-bond donors (Lipinski definition) is 1. The van der Waals surface area contributed by atoms with Gasteiger partial charge in [-0.05, 0) is 42.0 Å². The molecule has 0 bridgehead atoms. The van der Waals surface area contributed by atoms with Gasteiger partial charge < -0.3 is 5.11 Å². The molecule has 0 fully saturated rings. The molecular weight excluding hydrogens is 496 g/mol. The smallest absolute Gasteiger partial charge is 0.422 e. The van der Waals surface area contributed by atoms with Gasteiger partial charge in [0, 0.05) is 17.7 Å². The van der Waals surface area contributed by atoms with Crippen LogP contribution in [0.25, 0.3) is 22.6 Å². The van der Waals surface area contributed by atoms with Crippen molar-refractivity contribution in [2.75, 3.05) is 0 Å². The monoisotopic (exact) mass is 510 g/mol. The van der Waals surface area contributed by atoms with Crippen molar-refractivity contribution < 1.29 is 40.2 Å². The molecule has 0 unspecified atom stereocenters. The van der Waals surface area contributed by atoms with E-state index in [0.717, 1.165) is 6.07 Å². The van der Waals surface area contributed by atoms with E-state index in [-0.39, 0.29) is 29.6 Å². The number of hydrogen-bond acceptors (Lipinski definition) is 3. The van der Waals surface area contributed by atoms with E-state index in [1.54, 1.807) is 30.3 Å². The van der Waals surface area contributed by atoms with E-state index in [1.165, 1.54) is 24.3 Å². The lowest BCUT2D eigenvalue weighted by Crippen LogP contribution is -2.18. The van der Waals surface area contributed by atoms with Gasteiger partial charge in [0.25, 0.3) is 0 Å². The zero-order valence-corrected chi connectivity index (χ0v) is 17.9. The van der Waals surface area contributed by atoms with E-state index in [9.17, 15) is 40.2 Å². The molecule has 0 saturated heterocycles. The number of rotatable bonds is 4. The molecule has 0 aliphatic carbocycles. The summed E-state index contributed by atoms with van der Waals surface area (Å²) in [5, 5.41) is 9.96. The summed E-state index contributed by atoms with van der Waals surface area (Å²) < 4.78 is 108. The Morgan fingerprint density at radius 1 is 0.667 bits per heavy atom. The van der Waals surface area contributed by atoms with Crippen molar-refractivity contribution in [2.24, 2.45) is 0 Å². The molecule has 2 aromatic heterocycles. The van der Waals surface area contributed by atoms with Crippen molar-refractivity contribution in [1.82, 2.24) is 9.97 Å². The highest BCUT2D eigenvalue weighted by atomic mass is 19.4. The van der Waals surface area contributed by atoms with Crippen LogP contribution in [0.5, 0.6) is 5.75 Å². The molecule has 2 aromatic carbocycles. The average molecular weight is 510 g/mol. The summed E-state index contributed by atoms with van der Waals surface area (Å²) in [6.07, 6.45) is -11.0. The number of phenolic OH excluding ortho intramolecular Hbond substituents is 1. The molecule has 0 spiro atoms. The predicted molar refractivity (Wildman–Crippen MR) is 114 cm³/mol. The van der Waals surface area contributed by atoms with E-state index in [0.29, 0.717) is 11.3 Å². The standard InChI is InChI=1S/C25H14F8N2O/c26-22-15(12-16(24(28,29)30)23(27)21(22)25(31,32)33)17-7-4-9-19(35-17)18-8-3-6-14(34-18)11-13-5-1-2-10-20(13)36/h1-10,12,36H,11H2. The van der Waals surface area contributed by atoms with Crippen molar-refractivity contribution in [3.8, 4) is 28.4 Å². The molecule has 36 heavy (non-hydrogen) atoms. The molecule has 0 aliphatic heterocycles. The first-order chi connectivity index (χ1) is 16.9. The van der Waals surface area contributed by atoms with E-state index < -0.39 is 46.4 Å². The van der Waals surface area contributed by atoms with Crippen molar-refractivity contribution in [1.29, 1.82) is 0 Å². The highest BCUT2D eigenvalue weighted by molar-refractivity contribution is 5.67. The zero-order valence-electron chi connectivity index (χ0n) is 17.9. The number of phenols is 1. The molecule has 0 aliphatic rings. The second-order valence-corrected chi connectivity index (χ2v) is 7.70. The van der Waals surface area contributed by atoms with Crippen LogP contribution >= 0.6 is 0 Å². The number of aromatic hydroxyl groups is 1. The fourth-order valence-corrected chi connectivity index (χ4v) is 3.58. The molecule has 0 amide bonds. The number of alkyl halides is 6. The van der Waals surface area contributed by atoms with Gasteiger partial charge in [-0.25, -0.2) is 13.8 Å². The van der Waals surface area contributed by atoms with Crippen molar-refractivity contribution in [2.45, 2.75) is 18.8 Å². The topological polar surface area (TPSA) is 46.0 Å². The summed E-state index contributed by atoms with van der Waals surface area (Å²) in [5.74, 6) is -4.91. The third-order valence-corrected chi connectivity index (χ3v) is 5.25. The molecule has 2 heterocycles. The largest absolute Gasteiger partial charge is 0.508 e. The minimum absolute atomic E-state index is 0.0254. The van der Waals surface area contributed by atoms with Gasteiger partial charge in [0.2, 0.25) is 0 Å². The Bertz CT molecular complexity index is 1430. The quantitative estimate of drug-likeness (QED) is 0.291. The first-order valence-electron chi connectivity index (χ1n) is 10.2. The van der Waals surface area contributed by atoms with Crippen LogP contribution in [0.15, 0.2) is 66.7 Å². The molecule has 4 aromatic rings. The maximum Gasteiger partial charge on any atom is 0.422 e. The van der Waals surface area contributed by atoms with Crippen LogP contribution < -0.4 is 0 Å². The summed E-state index contributed by atoms with van der Waals surface area (Å²) in [6.45, 7) is 0. The average Bonchev–Trinajstić information content (AvgIpc) is 2.79. The van der Waals surface area contributed by atoms with Gasteiger partial charge in [0.1, 0.15) is 17.1 Å². The van der Waals surface area contributed by atoms with E-state index in [4.69, 9.17) is 0 Å². The molecule has 0 saturated carbocycles. The van der Waals surface area contributed by atoms with Crippen molar-refractivity contribution >= 4 is 0 Å². The lowest BCUT2D eigenvalue weighted by Gasteiger charge is -2.17. The second kappa shape index (κ2) is 9.21. The Balaban J connectivity index is 1.80. The molecule has 11 heteroatoms. The van der Waals surface area contributed by atoms with E-state index >= 15 is 0 Å². The van der Waals surface area contributed by atoms with E-state index in [2.05, 4.69) is 9.97 Å². The Morgan fingerprint density at radius 2 is 1.28 bits per heavy atom. The van der Waals surface area contributed by atoms with Crippen LogP contribution in [-0.2, 0) is 18.8 Å². The van der Waals surface area contributed by atoms with Crippen LogP contribution in [0.3, 0.4) is 0 Å². The van der Waals surface area contributed by atoms with Gasteiger partial charge in [-0.2, -0.15) is 26.3 Å². The van der Waals surface area contributed by atoms with Gasteiger partial charge in [-0.1, -0.05) is 30.3 Å². The van der Waals surface area contributed by atoms with Gasteiger partial charge in [0.15, 0.2) is 5.82 Å². The zero-order chi connectivity index (χ0) is 26.3. The Hall–Kier alpha value is -4.02. The summed E-state index contributed by atoms with van der Waals surface area (Å²) in [5.41, 5.74) is -5.39. The fraction of sp³-hybridized carbons (Fsp3) is 0.120. The minimum atomic E-state index is -5.72. The van der Waals surface area contributed by atoms with Gasteiger partial charge in [-0.3, -0.25) is 4.98 Å². The summed E-state index contributed by atoms with van der Waals surface area (Å²) in [7, 11) is 0. The number of pyridine rings is 2. The Kier molecular flexibility index (Phi) is 6.42. The van der Waals surface area contributed by atoms with Crippen LogP contribution in [0.1, 0.15) is 22.4 Å². The number of nitrogens with zero attached hydrogens (tertiary/aromatic N) is 2. The molecule has 1 N–H and O–H groups in total. The Morgan fingerprint density at radius 3 is 1.92 bits per heavy atom. The van der Waals surface area contributed by atoms with Crippen molar-refractivity contribution in [3.63, 3.8) is 0 Å². The predicted octanol–water partition coefficient (Wildman–Crippen LogP) is 7.42. The molecule has 186 valence electrons. The molecule has 3 nitrogen and oxygen atoms in total. The molecule has 4 rings (SSSR count). The van der Waals surface area contributed by atoms with Crippen LogP contribution in [0.4, 0.5) is 35.1 Å². The number of benzene rings is 2. The van der Waals surface area contributed by atoms with Gasteiger partial charge in [0.05, 0.1) is 22.6 Å².